The van der Waals surface area contributed by atoms with Gasteiger partial charge in [0.2, 0.25) is 0 Å². The summed E-state index contributed by atoms with van der Waals surface area (Å²) in [6.07, 6.45) is -0.373. The number of rotatable bonds is 4. The van der Waals surface area contributed by atoms with Gasteiger partial charge in [-0.15, -0.1) is 11.3 Å². The van der Waals surface area contributed by atoms with E-state index in [1.807, 2.05) is 35.7 Å². The monoisotopic (exact) mass is 497 g/mol. The number of halogens is 2. The van der Waals surface area contributed by atoms with Crippen molar-refractivity contribution in [2.75, 3.05) is 26.2 Å². The second-order valence-corrected chi connectivity index (χ2v) is 8.81. The zero-order valence-electron chi connectivity index (χ0n) is 13.9. The smallest absolute Gasteiger partial charge is 0.407 e. The molecule has 2 aromatic rings. The Kier molecular flexibility index (Phi) is 6.03. The third-order valence-electron chi connectivity index (χ3n) is 4.65. The van der Waals surface area contributed by atoms with Crippen LogP contribution < -0.4 is 0 Å². The maximum absolute atomic E-state index is 11.2. The van der Waals surface area contributed by atoms with Crippen molar-refractivity contribution in [3.05, 3.63) is 55.1 Å². The van der Waals surface area contributed by atoms with Gasteiger partial charge in [-0.25, -0.2) is 4.79 Å². The summed E-state index contributed by atoms with van der Waals surface area (Å²) in [6, 6.07) is 12.5. The van der Waals surface area contributed by atoms with Gasteiger partial charge >= 0.3 is 6.09 Å². The molecule has 1 aliphatic heterocycles. The minimum Gasteiger partial charge on any atom is -0.465 e. The van der Waals surface area contributed by atoms with Crippen molar-refractivity contribution in [2.45, 2.75) is 12.0 Å². The van der Waals surface area contributed by atoms with E-state index in [0.717, 1.165) is 19.4 Å². The van der Waals surface area contributed by atoms with Gasteiger partial charge in [-0.1, -0.05) is 34.1 Å². The first kappa shape index (κ1) is 19.4. The molecule has 1 N–H and O–H groups in total. The Morgan fingerprint density at radius 3 is 2.50 bits per heavy atom. The van der Waals surface area contributed by atoms with E-state index in [1.165, 1.54) is 4.90 Å². The van der Waals surface area contributed by atoms with Crippen molar-refractivity contribution in [2.24, 2.45) is 0 Å². The molecule has 136 valence electrons. The van der Waals surface area contributed by atoms with E-state index in [-0.39, 0.29) is 0 Å². The molecular formula is C18H17Br2N3O2S. The standard InChI is InChI=1S/C18H17Br2N3O2S/c19-14-9-16(26-11-14)18(12-21,10-13-3-1-2-4-15(13)20)23-7-5-22(6-8-23)17(24)25/h1-4,9,11H,5-8,10H2,(H,24,25). The van der Waals surface area contributed by atoms with Gasteiger partial charge in [0.05, 0.1) is 6.07 Å². The lowest BCUT2D eigenvalue weighted by Crippen LogP contribution is -2.56. The van der Waals surface area contributed by atoms with Crippen LogP contribution in [-0.2, 0) is 12.0 Å². The van der Waals surface area contributed by atoms with Crippen molar-refractivity contribution in [3.8, 4) is 6.07 Å². The van der Waals surface area contributed by atoms with Crippen LogP contribution in [0.2, 0.25) is 0 Å². The van der Waals surface area contributed by atoms with E-state index in [2.05, 4.69) is 42.8 Å². The van der Waals surface area contributed by atoms with Gasteiger partial charge in [0.25, 0.3) is 0 Å². The van der Waals surface area contributed by atoms with Gasteiger partial charge in [0, 0.05) is 51.8 Å². The van der Waals surface area contributed by atoms with Crippen LogP contribution in [0.15, 0.2) is 44.7 Å². The molecule has 1 unspecified atom stereocenters. The number of nitriles is 1. The molecule has 26 heavy (non-hydrogen) atoms. The fourth-order valence-electron chi connectivity index (χ4n) is 3.25. The first-order valence-corrected chi connectivity index (χ1v) is 10.5. The molecule has 1 fully saturated rings. The summed E-state index contributed by atoms with van der Waals surface area (Å²) >= 11 is 8.63. The summed E-state index contributed by atoms with van der Waals surface area (Å²) < 4.78 is 1.92. The second-order valence-electron chi connectivity index (χ2n) is 6.13. The third-order valence-corrected chi connectivity index (χ3v) is 7.27. The maximum atomic E-state index is 11.2. The van der Waals surface area contributed by atoms with Crippen LogP contribution in [-0.4, -0.2) is 47.2 Å². The number of amides is 1. The number of thiophene rings is 1. The summed E-state index contributed by atoms with van der Waals surface area (Å²) in [4.78, 5) is 15.7. The lowest BCUT2D eigenvalue weighted by Gasteiger charge is -2.43. The van der Waals surface area contributed by atoms with E-state index in [1.54, 1.807) is 11.3 Å². The number of hydrogen-bond acceptors (Lipinski definition) is 4. The molecule has 2 heterocycles. The van der Waals surface area contributed by atoms with Gasteiger partial charge in [-0.05, 0) is 33.6 Å². The third kappa shape index (κ3) is 3.81. The SMILES string of the molecule is N#CC(Cc1ccccc1Br)(c1cc(Br)cs1)N1CCN(C(=O)O)CC1. The van der Waals surface area contributed by atoms with Crippen LogP contribution in [0.3, 0.4) is 0 Å². The Morgan fingerprint density at radius 1 is 1.27 bits per heavy atom. The molecule has 5 nitrogen and oxygen atoms in total. The minimum atomic E-state index is -0.906. The van der Waals surface area contributed by atoms with Crippen LogP contribution in [0.5, 0.6) is 0 Å². The normalized spacial score (nSPS) is 17.5. The van der Waals surface area contributed by atoms with Crippen molar-refractivity contribution in [1.82, 2.24) is 9.80 Å². The van der Waals surface area contributed by atoms with Crippen molar-refractivity contribution < 1.29 is 9.90 Å². The Hall–Kier alpha value is -1.40. The molecular weight excluding hydrogens is 482 g/mol. The average molecular weight is 499 g/mol. The van der Waals surface area contributed by atoms with Crippen molar-refractivity contribution in [3.63, 3.8) is 0 Å². The Balaban J connectivity index is 1.98. The first-order valence-electron chi connectivity index (χ1n) is 8.08. The van der Waals surface area contributed by atoms with Crippen LogP contribution in [0.4, 0.5) is 4.79 Å². The molecule has 1 saturated heterocycles. The lowest BCUT2D eigenvalue weighted by molar-refractivity contribution is 0.0600. The lowest BCUT2D eigenvalue weighted by atomic mass is 9.88. The van der Waals surface area contributed by atoms with E-state index >= 15 is 0 Å². The molecule has 8 heteroatoms. The van der Waals surface area contributed by atoms with Gasteiger partial charge in [0.1, 0.15) is 5.54 Å². The predicted molar refractivity (Wildman–Crippen MR) is 108 cm³/mol. The summed E-state index contributed by atoms with van der Waals surface area (Å²) in [7, 11) is 0. The fourth-order valence-corrected chi connectivity index (χ4v) is 5.28. The Morgan fingerprint density at radius 2 is 1.96 bits per heavy atom. The highest BCUT2D eigenvalue weighted by Gasteiger charge is 2.42. The highest BCUT2D eigenvalue weighted by Crippen LogP contribution is 2.39. The molecule has 0 saturated carbocycles. The molecule has 3 rings (SSSR count). The Bertz CT molecular complexity index is 843. The molecule has 0 aliphatic carbocycles. The summed E-state index contributed by atoms with van der Waals surface area (Å²) in [5.74, 6) is 0. The number of benzene rings is 1. The summed E-state index contributed by atoms with van der Waals surface area (Å²) in [5, 5.41) is 21.5. The largest absolute Gasteiger partial charge is 0.465 e. The molecule has 1 amide bonds. The molecule has 0 bridgehead atoms. The maximum Gasteiger partial charge on any atom is 0.407 e. The van der Waals surface area contributed by atoms with Crippen LogP contribution in [0, 0.1) is 11.3 Å². The van der Waals surface area contributed by atoms with E-state index in [9.17, 15) is 15.2 Å². The van der Waals surface area contributed by atoms with Crippen molar-refractivity contribution in [1.29, 1.82) is 5.26 Å². The first-order chi connectivity index (χ1) is 12.5. The van der Waals surface area contributed by atoms with E-state index in [4.69, 9.17) is 0 Å². The topological polar surface area (TPSA) is 67.6 Å². The van der Waals surface area contributed by atoms with Gasteiger partial charge in [-0.3, -0.25) is 4.90 Å². The Labute approximate surface area is 173 Å². The van der Waals surface area contributed by atoms with Gasteiger partial charge < -0.3 is 10.0 Å². The summed E-state index contributed by atoms with van der Waals surface area (Å²) in [5.41, 5.74) is 0.227. The van der Waals surface area contributed by atoms with Crippen LogP contribution in [0.25, 0.3) is 0 Å². The zero-order valence-corrected chi connectivity index (χ0v) is 17.8. The van der Waals surface area contributed by atoms with Crippen LogP contribution >= 0.6 is 43.2 Å². The number of nitrogens with zero attached hydrogens (tertiary/aromatic N) is 3. The highest BCUT2D eigenvalue weighted by molar-refractivity contribution is 9.10. The van der Waals surface area contributed by atoms with E-state index < -0.39 is 11.6 Å². The minimum absolute atomic E-state index is 0.404. The van der Waals surface area contributed by atoms with Gasteiger partial charge in [-0.2, -0.15) is 5.26 Å². The predicted octanol–water partition coefficient (Wildman–Crippen LogP) is 4.53. The summed E-state index contributed by atoms with van der Waals surface area (Å²) in [6.45, 7) is 1.86. The average Bonchev–Trinajstić information content (AvgIpc) is 3.08. The molecule has 0 spiro atoms. The number of carboxylic acid groups (broad SMARTS) is 1. The molecule has 1 aliphatic rings. The quantitative estimate of drug-likeness (QED) is 0.672. The fraction of sp³-hybridized carbons (Fsp3) is 0.333. The van der Waals surface area contributed by atoms with E-state index in [0.29, 0.717) is 32.6 Å². The van der Waals surface area contributed by atoms with Crippen LogP contribution in [0.1, 0.15) is 10.4 Å². The molecule has 1 aromatic carbocycles. The number of carbonyl (C=O) groups is 1. The van der Waals surface area contributed by atoms with Crippen molar-refractivity contribution >= 4 is 49.3 Å². The second kappa shape index (κ2) is 8.09. The number of hydrogen-bond donors (Lipinski definition) is 1. The molecule has 1 aromatic heterocycles. The highest BCUT2D eigenvalue weighted by atomic mass is 79.9. The van der Waals surface area contributed by atoms with Gasteiger partial charge in [0.15, 0.2) is 0 Å². The molecule has 1 atom stereocenters. The number of piperazine rings is 1. The molecule has 0 radical (unpaired) electrons. The zero-order chi connectivity index (χ0) is 18.7.